The van der Waals surface area contributed by atoms with E-state index in [1.165, 1.54) is 42.9 Å². The molecule has 1 aromatic rings. The summed E-state index contributed by atoms with van der Waals surface area (Å²) >= 11 is 0. The van der Waals surface area contributed by atoms with E-state index in [9.17, 15) is 4.79 Å². The molecule has 1 aromatic carbocycles. The van der Waals surface area contributed by atoms with E-state index in [2.05, 4.69) is 27.7 Å². The molecular weight excluding hydrogens is 240 g/mol. The summed E-state index contributed by atoms with van der Waals surface area (Å²) in [6.07, 6.45) is 0. The molecule has 2 amide bonds. The van der Waals surface area contributed by atoms with Crippen molar-refractivity contribution >= 4 is 11.7 Å². The highest BCUT2D eigenvalue weighted by Gasteiger charge is 2.42. The van der Waals surface area contributed by atoms with Crippen molar-refractivity contribution in [3.63, 3.8) is 0 Å². The van der Waals surface area contributed by atoms with Crippen LogP contribution in [0.25, 0.3) is 0 Å². The van der Waals surface area contributed by atoms with Crippen molar-refractivity contribution in [3.05, 3.63) is 29.8 Å². The molecule has 0 radical (unpaired) electrons. The molecule has 2 N–H and O–H groups in total. The van der Waals surface area contributed by atoms with Gasteiger partial charge in [0.05, 0.1) is 26.2 Å². The van der Waals surface area contributed by atoms with Crippen LogP contribution >= 0.6 is 0 Å². The van der Waals surface area contributed by atoms with Gasteiger partial charge in [0.25, 0.3) is 0 Å². The van der Waals surface area contributed by atoms with Crippen LogP contribution in [-0.2, 0) is 6.54 Å². The summed E-state index contributed by atoms with van der Waals surface area (Å²) in [5.74, 6) is 0. The summed E-state index contributed by atoms with van der Waals surface area (Å²) in [6.45, 7) is 7.24. The number of carbonyl (C=O) groups is 1. The Hall–Kier alpha value is -1.59. The van der Waals surface area contributed by atoms with Crippen LogP contribution in [0.5, 0.6) is 0 Å². The number of fused-ring (bicyclic) bond motifs is 2. The Bertz CT molecular complexity index is 480. The van der Waals surface area contributed by atoms with Crippen LogP contribution in [-0.4, -0.2) is 55.3 Å². The van der Waals surface area contributed by atoms with Gasteiger partial charge in [0.1, 0.15) is 13.2 Å². The van der Waals surface area contributed by atoms with E-state index in [1.807, 2.05) is 12.1 Å². The second kappa shape index (κ2) is 4.83. The number of carbonyl (C=O) groups excluding carboxylic acids is 1. The van der Waals surface area contributed by atoms with Gasteiger partial charge in [-0.2, -0.15) is 0 Å². The molecule has 2 aliphatic heterocycles. The fourth-order valence-electron chi connectivity index (χ4n) is 3.17. The standard InChI is InChI=1S/C14H20N4O/c1-15-14(19)16-13-4-2-3-12(9-13)10-18-7-5-17(11-18)6-8-18/h2-4,9H,5-8,10-11H2,1H3,(H-,15,16,19)/p+1. The third-order valence-corrected chi connectivity index (χ3v) is 4.21. The minimum atomic E-state index is -0.169. The average Bonchev–Trinajstić information content (AvgIpc) is 2.99. The molecule has 2 saturated heterocycles. The molecule has 0 aliphatic carbocycles. The maximum atomic E-state index is 11.3. The molecule has 3 rings (SSSR count). The highest BCUT2D eigenvalue weighted by Crippen LogP contribution is 2.27. The molecule has 2 bridgehead atoms. The quantitative estimate of drug-likeness (QED) is 0.799. The fraction of sp³-hybridized carbons (Fsp3) is 0.500. The second-order valence-corrected chi connectivity index (χ2v) is 5.61. The summed E-state index contributed by atoms with van der Waals surface area (Å²) in [7, 11) is 1.63. The first-order valence-electron chi connectivity index (χ1n) is 6.84. The van der Waals surface area contributed by atoms with Gasteiger partial charge in [-0.1, -0.05) is 12.1 Å². The first-order valence-corrected chi connectivity index (χ1v) is 6.84. The van der Waals surface area contributed by atoms with Crippen LogP contribution in [0, 0.1) is 0 Å². The van der Waals surface area contributed by atoms with E-state index in [4.69, 9.17) is 0 Å². The van der Waals surface area contributed by atoms with Crippen LogP contribution in [0.15, 0.2) is 24.3 Å². The predicted molar refractivity (Wildman–Crippen MR) is 74.7 cm³/mol. The van der Waals surface area contributed by atoms with Gasteiger partial charge in [0.15, 0.2) is 0 Å². The summed E-state index contributed by atoms with van der Waals surface area (Å²) in [4.78, 5) is 13.9. The molecule has 102 valence electrons. The number of hydrogen-bond donors (Lipinski definition) is 2. The maximum absolute atomic E-state index is 11.3. The van der Waals surface area contributed by atoms with Crippen molar-refractivity contribution in [1.29, 1.82) is 0 Å². The van der Waals surface area contributed by atoms with Gasteiger partial charge in [-0.15, -0.1) is 0 Å². The molecule has 5 heteroatoms. The van der Waals surface area contributed by atoms with E-state index in [0.717, 1.165) is 12.2 Å². The number of anilines is 1. The third kappa shape index (κ3) is 2.57. The normalized spacial score (nSPS) is 28.4. The highest BCUT2D eigenvalue weighted by atomic mass is 16.2. The van der Waals surface area contributed by atoms with Crippen molar-refractivity contribution in [3.8, 4) is 0 Å². The van der Waals surface area contributed by atoms with Crippen LogP contribution in [0.3, 0.4) is 0 Å². The predicted octanol–water partition coefficient (Wildman–Crippen LogP) is 1.04. The van der Waals surface area contributed by atoms with Crippen LogP contribution < -0.4 is 10.6 Å². The lowest BCUT2D eigenvalue weighted by Crippen LogP contribution is -2.44. The minimum absolute atomic E-state index is 0.169. The number of quaternary nitrogens is 1. The molecule has 2 fully saturated rings. The molecule has 0 unspecified atom stereocenters. The number of urea groups is 1. The molecule has 0 spiro atoms. The number of amides is 2. The summed E-state index contributed by atoms with van der Waals surface area (Å²) in [6, 6.07) is 8.02. The highest BCUT2D eigenvalue weighted by molar-refractivity contribution is 5.89. The number of hydrogen-bond acceptors (Lipinski definition) is 2. The van der Waals surface area contributed by atoms with Gasteiger partial charge in [-0.3, -0.25) is 0 Å². The van der Waals surface area contributed by atoms with E-state index >= 15 is 0 Å². The smallest absolute Gasteiger partial charge is 0.318 e. The molecule has 0 aromatic heterocycles. The zero-order valence-electron chi connectivity index (χ0n) is 11.4. The molecule has 2 heterocycles. The Balaban J connectivity index is 1.71. The zero-order valence-corrected chi connectivity index (χ0v) is 11.4. The molecule has 5 nitrogen and oxygen atoms in total. The average molecular weight is 261 g/mol. The van der Waals surface area contributed by atoms with Crippen LogP contribution in [0.1, 0.15) is 5.56 Å². The van der Waals surface area contributed by atoms with Crippen molar-refractivity contribution in [2.75, 3.05) is 45.2 Å². The van der Waals surface area contributed by atoms with E-state index in [-0.39, 0.29) is 6.03 Å². The Labute approximate surface area is 113 Å². The van der Waals surface area contributed by atoms with Gasteiger partial charge < -0.3 is 15.1 Å². The van der Waals surface area contributed by atoms with Crippen molar-refractivity contribution < 1.29 is 9.28 Å². The minimum Gasteiger partial charge on any atom is -0.341 e. The third-order valence-electron chi connectivity index (χ3n) is 4.21. The Morgan fingerprint density at radius 3 is 2.79 bits per heavy atom. The second-order valence-electron chi connectivity index (χ2n) is 5.61. The van der Waals surface area contributed by atoms with E-state index in [0.29, 0.717) is 0 Å². The molecule has 2 aliphatic rings. The maximum Gasteiger partial charge on any atom is 0.318 e. The van der Waals surface area contributed by atoms with Gasteiger partial charge in [0, 0.05) is 18.3 Å². The van der Waals surface area contributed by atoms with E-state index in [1.54, 1.807) is 7.05 Å². The summed E-state index contributed by atoms with van der Waals surface area (Å²) in [5, 5.41) is 5.40. The number of rotatable bonds is 3. The lowest BCUT2D eigenvalue weighted by Gasteiger charge is -2.30. The fourth-order valence-corrected chi connectivity index (χ4v) is 3.17. The number of piperazine rings is 1. The molecule has 19 heavy (non-hydrogen) atoms. The van der Waals surface area contributed by atoms with Crippen LogP contribution in [0.4, 0.5) is 10.5 Å². The SMILES string of the molecule is CNC(=O)Nc1cccc(C[N+]23CCN(CC2)C3)c1. The largest absolute Gasteiger partial charge is 0.341 e. The van der Waals surface area contributed by atoms with Crippen molar-refractivity contribution in [1.82, 2.24) is 10.2 Å². The van der Waals surface area contributed by atoms with Gasteiger partial charge >= 0.3 is 6.03 Å². The van der Waals surface area contributed by atoms with Crippen molar-refractivity contribution in [2.45, 2.75) is 6.54 Å². The topological polar surface area (TPSA) is 44.4 Å². The first kappa shape index (κ1) is 12.4. The Kier molecular flexibility index (Phi) is 3.16. The lowest BCUT2D eigenvalue weighted by atomic mass is 10.1. The molecule has 0 atom stereocenters. The van der Waals surface area contributed by atoms with Gasteiger partial charge in [0.2, 0.25) is 0 Å². The lowest BCUT2D eigenvalue weighted by molar-refractivity contribution is -0.921. The molecule has 0 saturated carbocycles. The van der Waals surface area contributed by atoms with Crippen LogP contribution in [0.2, 0.25) is 0 Å². The summed E-state index contributed by atoms with van der Waals surface area (Å²) in [5.41, 5.74) is 2.17. The van der Waals surface area contributed by atoms with Gasteiger partial charge in [-0.05, 0) is 12.1 Å². The molecular formula is C14H21N4O+. The van der Waals surface area contributed by atoms with E-state index < -0.39 is 0 Å². The van der Waals surface area contributed by atoms with Gasteiger partial charge in [-0.25, -0.2) is 9.69 Å². The number of benzene rings is 1. The number of nitrogens with one attached hydrogen (secondary N) is 2. The van der Waals surface area contributed by atoms with Crippen molar-refractivity contribution in [2.24, 2.45) is 0 Å². The number of nitrogens with zero attached hydrogens (tertiary/aromatic N) is 2. The first-order chi connectivity index (χ1) is 9.19. The zero-order chi connectivity index (χ0) is 13.3. The Morgan fingerprint density at radius 2 is 2.16 bits per heavy atom. The Morgan fingerprint density at radius 1 is 1.37 bits per heavy atom. The summed E-state index contributed by atoms with van der Waals surface area (Å²) < 4.78 is 1.18. The monoisotopic (exact) mass is 261 g/mol.